The minimum atomic E-state index is -0.264. The summed E-state index contributed by atoms with van der Waals surface area (Å²) in [6.07, 6.45) is 0. The second kappa shape index (κ2) is 9.76. The molecule has 2 heterocycles. The van der Waals surface area contributed by atoms with Gasteiger partial charge in [0.2, 0.25) is 0 Å². The highest BCUT2D eigenvalue weighted by Gasteiger charge is 2.31. The first kappa shape index (κ1) is 23.5. The molecule has 2 amide bonds. The van der Waals surface area contributed by atoms with Crippen LogP contribution in [0.4, 0.5) is 16.2 Å². The minimum absolute atomic E-state index is 0.264. The number of hydrogen-bond acceptors (Lipinski definition) is 3. The molecular weight excluding hydrogens is 491 g/mol. The van der Waals surface area contributed by atoms with Crippen molar-refractivity contribution in [3.8, 4) is 11.1 Å². The van der Waals surface area contributed by atoms with Crippen molar-refractivity contribution in [1.29, 1.82) is 0 Å². The van der Waals surface area contributed by atoms with Crippen molar-refractivity contribution in [3.05, 3.63) is 80.8 Å². The smallest absolute Gasteiger partial charge is 0.326 e. The van der Waals surface area contributed by atoms with Crippen LogP contribution in [-0.4, -0.2) is 36.6 Å². The van der Waals surface area contributed by atoms with Crippen LogP contribution in [0.5, 0.6) is 0 Å². The molecule has 1 fully saturated rings. The van der Waals surface area contributed by atoms with E-state index >= 15 is 0 Å². The molecule has 2 N–H and O–H groups in total. The summed E-state index contributed by atoms with van der Waals surface area (Å²) in [6, 6.07) is 17.5. The number of hydrogen-bond donors (Lipinski definition) is 2. The third-order valence-electron chi connectivity index (χ3n) is 6.50. The highest BCUT2D eigenvalue weighted by Crippen LogP contribution is 2.44. The van der Waals surface area contributed by atoms with Gasteiger partial charge in [0.05, 0.1) is 21.4 Å². The Morgan fingerprint density at radius 3 is 2.44 bits per heavy atom. The van der Waals surface area contributed by atoms with Gasteiger partial charge in [-0.05, 0) is 48.4 Å². The largest absolute Gasteiger partial charge is 0.333 e. The Morgan fingerprint density at radius 1 is 0.971 bits per heavy atom. The highest BCUT2D eigenvalue weighted by atomic mass is 35.5. The van der Waals surface area contributed by atoms with Gasteiger partial charge in [-0.2, -0.15) is 0 Å². The SMILES string of the molecule is CC1CNCCN1Cc1cc(-c2ccccc2Cl)c2c(c1)N(c1c(Cl)cccc1Cl)C(=O)NC2. The van der Waals surface area contributed by atoms with Gasteiger partial charge >= 0.3 is 6.03 Å². The normalized spacial score (nSPS) is 18.5. The molecule has 1 atom stereocenters. The van der Waals surface area contributed by atoms with Gasteiger partial charge in [0, 0.05) is 54.9 Å². The van der Waals surface area contributed by atoms with Crippen molar-refractivity contribution in [2.45, 2.75) is 26.1 Å². The van der Waals surface area contributed by atoms with Gasteiger partial charge in [-0.3, -0.25) is 9.80 Å². The minimum Gasteiger partial charge on any atom is -0.333 e. The summed E-state index contributed by atoms with van der Waals surface area (Å²) in [5, 5.41) is 7.92. The van der Waals surface area contributed by atoms with Crippen LogP contribution in [0.3, 0.4) is 0 Å². The van der Waals surface area contributed by atoms with Crippen LogP contribution in [0.2, 0.25) is 15.1 Å². The monoisotopic (exact) mass is 514 g/mol. The number of para-hydroxylation sites is 1. The van der Waals surface area contributed by atoms with E-state index in [1.54, 1.807) is 23.1 Å². The fourth-order valence-corrected chi connectivity index (χ4v) is 5.55. The number of halogens is 3. The number of amides is 2. The van der Waals surface area contributed by atoms with E-state index < -0.39 is 0 Å². The fraction of sp³-hybridized carbons (Fsp3) is 0.269. The Hall–Kier alpha value is -2.28. The third-order valence-corrected chi connectivity index (χ3v) is 7.44. The Morgan fingerprint density at radius 2 is 1.71 bits per heavy atom. The molecule has 0 radical (unpaired) electrons. The molecule has 1 unspecified atom stereocenters. The topological polar surface area (TPSA) is 47.6 Å². The molecule has 1 saturated heterocycles. The standard InChI is InChI=1S/C26H25Cl3N4O/c1-16-13-30-9-10-32(16)15-17-11-19(18-5-2-3-6-21(18)27)20-14-31-26(34)33(24(20)12-17)25-22(28)7-4-8-23(25)29/h2-8,11-12,16,30H,9-10,13-15H2,1H3,(H,31,34). The molecule has 0 spiro atoms. The van der Waals surface area contributed by atoms with Gasteiger partial charge in [0.15, 0.2) is 0 Å². The summed E-state index contributed by atoms with van der Waals surface area (Å²) in [5.74, 6) is 0. The number of carbonyl (C=O) groups is 1. The van der Waals surface area contributed by atoms with Crippen molar-refractivity contribution in [2.24, 2.45) is 0 Å². The Labute approximate surface area is 214 Å². The van der Waals surface area contributed by atoms with Crippen molar-refractivity contribution < 1.29 is 4.79 Å². The summed E-state index contributed by atoms with van der Waals surface area (Å²) in [7, 11) is 0. The molecule has 0 saturated carbocycles. The number of rotatable bonds is 4. The number of fused-ring (bicyclic) bond motifs is 1. The molecule has 2 aliphatic heterocycles. The zero-order chi connectivity index (χ0) is 23.8. The van der Waals surface area contributed by atoms with E-state index in [4.69, 9.17) is 34.8 Å². The molecule has 5 nitrogen and oxygen atoms in total. The number of nitrogens with one attached hydrogen (secondary N) is 2. The van der Waals surface area contributed by atoms with Crippen LogP contribution in [0.25, 0.3) is 11.1 Å². The van der Waals surface area contributed by atoms with Crippen LogP contribution in [0, 0.1) is 0 Å². The third kappa shape index (κ3) is 4.39. The van der Waals surface area contributed by atoms with Crippen LogP contribution >= 0.6 is 34.8 Å². The van der Waals surface area contributed by atoms with E-state index in [2.05, 4.69) is 34.6 Å². The van der Waals surface area contributed by atoms with Gasteiger partial charge in [-0.15, -0.1) is 0 Å². The number of carbonyl (C=O) groups excluding carboxylic acids is 1. The summed E-state index contributed by atoms with van der Waals surface area (Å²) in [5.41, 5.74) is 5.24. The Balaban J connectivity index is 1.70. The second-order valence-corrected chi connectivity index (χ2v) is 9.93. The molecule has 3 aromatic carbocycles. The molecule has 0 aliphatic carbocycles. The molecule has 5 rings (SSSR count). The Kier molecular flexibility index (Phi) is 6.74. The van der Waals surface area contributed by atoms with E-state index in [-0.39, 0.29) is 6.03 Å². The van der Waals surface area contributed by atoms with E-state index in [9.17, 15) is 4.79 Å². The molecular formula is C26H25Cl3N4O. The molecule has 8 heteroatoms. The first-order valence-electron chi connectivity index (χ1n) is 11.3. The zero-order valence-electron chi connectivity index (χ0n) is 18.7. The second-order valence-electron chi connectivity index (χ2n) is 8.71. The van der Waals surface area contributed by atoms with Crippen molar-refractivity contribution in [3.63, 3.8) is 0 Å². The van der Waals surface area contributed by atoms with E-state index in [1.807, 2.05) is 24.3 Å². The summed E-state index contributed by atoms with van der Waals surface area (Å²) in [6.45, 7) is 6.24. The van der Waals surface area contributed by atoms with Gasteiger partial charge in [0.1, 0.15) is 0 Å². The molecule has 0 bridgehead atoms. The fourth-order valence-electron chi connectivity index (χ4n) is 4.74. The lowest BCUT2D eigenvalue weighted by molar-refractivity contribution is 0.165. The van der Waals surface area contributed by atoms with Crippen molar-refractivity contribution in [1.82, 2.24) is 15.5 Å². The van der Waals surface area contributed by atoms with Gasteiger partial charge in [-0.1, -0.05) is 59.1 Å². The average Bonchev–Trinajstić information content (AvgIpc) is 2.82. The first-order valence-corrected chi connectivity index (χ1v) is 12.4. The lowest BCUT2D eigenvalue weighted by atomic mass is 9.93. The van der Waals surface area contributed by atoms with Crippen molar-refractivity contribution >= 4 is 52.2 Å². The van der Waals surface area contributed by atoms with Crippen LogP contribution in [0.1, 0.15) is 18.1 Å². The number of benzene rings is 3. The first-order chi connectivity index (χ1) is 16.4. The molecule has 0 aromatic heterocycles. The molecule has 2 aliphatic rings. The zero-order valence-corrected chi connectivity index (χ0v) is 21.0. The predicted octanol–water partition coefficient (Wildman–Crippen LogP) is 6.47. The molecule has 34 heavy (non-hydrogen) atoms. The maximum atomic E-state index is 13.2. The van der Waals surface area contributed by atoms with E-state index in [0.29, 0.717) is 33.3 Å². The lowest BCUT2D eigenvalue weighted by Gasteiger charge is -2.36. The summed E-state index contributed by atoms with van der Waals surface area (Å²) >= 11 is 19.7. The number of nitrogens with zero attached hydrogens (tertiary/aromatic N) is 2. The number of urea groups is 1. The van der Waals surface area contributed by atoms with Crippen LogP contribution in [-0.2, 0) is 13.1 Å². The van der Waals surface area contributed by atoms with E-state index in [0.717, 1.165) is 54.1 Å². The summed E-state index contributed by atoms with van der Waals surface area (Å²) in [4.78, 5) is 17.2. The maximum Gasteiger partial charge on any atom is 0.326 e. The van der Waals surface area contributed by atoms with Crippen molar-refractivity contribution in [2.75, 3.05) is 24.5 Å². The molecule has 176 valence electrons. The number of anilines is 2. The van der Waals surface area contributed by atoms with Gasteiger partial charge < -0.3 is 10.6 Å². The Bertz CT molecular complexity index is 1230. The average molecular weight is 516 g/mol. The van der Waals surface area contributed by atoms with Gasteiger partial charge in [-0.25, -0.2) is 4.79 Å². The van der Waals surface area contributed by atoms with E-state index in [1.165, 1.54) is 0 Å². The number of piperazine rings is 1. The lowest BCUT2D eigenvalue weighted by Crippen LogP contribution is -2.49. The maximum absolute atomic E-state index is 13.2. The molecule has 3 aromatic rings. The highest BCUT2D eigenvalue weighted by molar-refractivity contribution is 6.40. The van der Waals surface area contributed by atoms with Crippen LogP contribution in [0.15, 0.2) is 54.6 Å². The summed E-state index contributed by atoms with van der Waals surface area (Å²) < 4.78 is 0. The predicted molar refractivity (Wildman–Crippen MR) is 140 cm³/mol. The van der Waals surface area contributed by atoms with Crippen LogP contribution < -0.4 is 15.5 Å². The van der Waals surface area contributed by atoms with Gasteiger partial charge in [0.25, 0.3) is 0 Å². The quantitative estimate of drug-likeness (QED) is 0.419.